The minimum Gasteiger partial charge on any atom is -0.444 e. The van der Waals surface area contributed by atoms with Crippen LogP contribution >= 0.6 is 0 Å². The van der Waals surface area contributed by atoms with Crippen LogP contribution < -0.4 is 20.9 Å². The zero-order valence-electron chi connectivity index (χ0n) is 38.2. The van der Waals surface area contributed by atoms with Crippen LogP contribution in [0.5, 0.6) is 0 Å². The Hall–Kier alpha value is -6.27. The van der Waals surface area contributed by atoms with Crippen LogP contribution in [0.2, 0.25) is 0 Å². The number of aliphatic imine (C=N–C) groups is 2. The van der Waals surface area contributed by atoms with Crippen LogP contribution in [0.25, 0.3) is 5.57 Å². The van der Waals surface area contributed by atoms with E-state index in [4.69, 9.17) is 18.9 Å². The Balaban J connectivity index is 1.40. The summed E-state index contributed by atoms with van der Waals surface area (Å²) in [5, 5.41) is 7.68. The van der Waals surface area contributed by atoms with Gasteiger partial charge in [-0.25, -0.2) is 28.0 Å². The normalized spacial score (nSPS) is 15.5. The van der Waals surface area contributed by atoms with Crippen molar-refractivity contribution < 1.29 is 51.7 Å². The molecule has 0 atom stereocenters. The van der Waals surface area contributed by atoms with Gasteiger partial charge >= 0.3 is 24.4 Å². The Bertz CT molecular complexity index is 2140. The number of ether oxygens (including phenoxy) is 4. The molecule has 344 valence electrons. The first-order valence-electron chi connectivity index (χ1n) is 20.5. The van der Waals surface area contributed by atoms with E-state index in [1.165, 1.54) is 30.3 Å². The summed E-state index contributed by atoms with van der Waals surface area (Å²) in [6.45, 7) is 21.8. The van der Waals surface area contributed by atoms with Gasteiger partial charge in [0.15, 0.2) is 0 Å². The molecule has 0 spiro atoms. The number of anilines is 2. The molecule has 0 bridgehead atoms. The number of carbonyl (C=O) groups is 5. The number of guanidine groups is 2. The number of alkyl carbamates (subject to hydrolysis) is 2. The van der Waals surface area contributed by atoms with Crippen molar-refractivity contribution in [2.75, 3.05) is 49.5 Å². The molecule has 4 rings (SSSR count). The van der Waals surface area contributed by atoms with Crippen LogP contribution in [-0.2, 0) is 18.9 Å². The van der Waals surface area contributed by atoms with Crippen molar-refractivity contribution in [2.45, 2.75) is 112 Å². The average molecular weight is 883 g/mol. The van der Waals surface area contributed by atoms with Crippen LogP contribution in [0.3, 0.4) is 0 Å². The van der Waals surface area contributed by atoms with Crippen molar-refractivity contribution >= 4 is 59.1 Å². The van der Waals surface area contributed by atoms with Gasteiger partial charge in [-0.1, -0.05) is 6.08 Å². The van der Waals surface area contributed by atoms with Gasteiger partial charge in [-0.15, -0.1) is 9.98 Å². The second kappa shape index (κ2) is 19.8. The molecule has 0 radical (unpaired) electrons. The number of nitrogens with one attached hydrogen (secondary N) is 3. The summed E-state index contributed by atoms with van der Waals surface area (Å²) in [7, 11) is 0. The molecule has 2 aliphatic heterocycles. The molecular weight excluding hydrogens is 823 g/mol. The van der Waals surface area contributed by atoms with Crippen LogP contribution in [0.4, 0.5) is 39.3 Å². The van der Waals surface area contributed by atoms with E-state index < -0.39 is 64.3 Å². The fraction of sp³-hybridized carbons (Fsp3) is 0.523. The number of piperazine rings is 1. The van der Waals surface area contributed by atoms with Crippen LogP contribution in [0.15, 0.2) is 52.5 Å². The van der Waals surface area contributed by atoms with E-state index in [-0.39, 0.29) is 73.7 Å². The highest BCUT2D eigenvalue weighted by molar-refractivity contribution is 6.04. The van der Waals surface area contributed by atoms with E-state index in [1.54, 1.807) is 104 Å². The van der Waals surface area contributed by atoms with Crippen LogP contribution in [-0.4, -0.2) is 114 Å². The molecule has 2 aromatic rings. The lowest BCUT2D eigenvalue weighted by Gasteiger charge is -2.37. The highest BCUT2D eigenvalue weighted by atomic mass is 19.1. The number of benzene rings is 2. The SMILES string of the molecule is CC(C)(C)OC(=O)N=C(NC(=O)OC(C)(C)C)N1CC=C(c2ccc(NC(=O)c3ccc(N4CCN(C(=NC(=O)OC(C)(C)C)NC(=O)OC(C)(C)C)CC4)c(F)c3)cc2F)CC1. The van der Waals surface area contributed by atoms with Gasteiger partial charge in [0.2, 0.25) is 11.9 Å². The lowest BCUT2D eigenvalue weighted by atomic mass is 9.98. The van der Waals surface area contributed by atoms with Gasteiger partial charge in [-0.05, 0) is 131 Å². The Morgan fingerprint density at radius 1 is 0.603 bits per heavy atom. The predicted molar refractivity (Wildman–Crippen MR) is 235 cm³/mol. The molecule has 2 aromatic carbocycles. The molecule has 2 aliphatic rings. The molecule has 2 heterocycles. The molecule has 19 heteroatoms. The molecule has 5 amide bonds. The molecule has 0 aliphatic carbocycles. The van der Waals surface area contributed by atoms with Crippen molar-refractivity contribution in [1.82, 2.24) is 20.4 Å². The van der Waals surface area contributed by atoms with Gasteiger partial charge in [0.05, 0.1) is 5.69 Å². The Kier molecular flexibility index (Phi) is 15.6. The Morgan fingerprint density at radius 3 is 1.56 bits per heavy atom. The third-order valence-electron chi connectivity index (χ3n) is 8.62. The topological polar surface area (TPSA) is 193 Å². The quantitative estimate of drug-likeness (QED) is 0.152. The lowest BCUT2D eigenvalue weighted by molar-refractivity contribution is 0.0536. The second-order valence-electron chi connectivity index (χ2n) is 18.8. The monoisotopic (exact) mass is 882 g/mol. The van der Waals surface area contributed by atoms with Crippen molar-refractivity contribution in [3.8, 4) is 0 Å². The van der Waals surface area contributed by atoms with E-state index >= 15 is 8.78 Å². The third kappa shape index (κ3) is 16.2. The molecule has 17 nitrogen and oxygen atoms in total. The summed E-state index contributed by atoms with van der Waals surface area (Å²) in [6.07, 6.45) is -1.38. The average Bonchev–Trinajstić information content (AvgIpc) is 3.11. The zero-order chi connectivity index (χ0) is 47.1. The molecule has 0 aromatic heterocycles. The first-order chi connectivity index (χ1) is 29.0. The van der Waals surface area contributed by atoms with Crippen molar-refractivity contribution in [2.24, 2.45) is 9.98 Å². The molecule has 1 saturated heterocycles. The number of hydrogen-bond donors (Lipinski definition) is 3. The number of halogens is 2. The van der Waals surface area contributed by atoms with Gasteiger partial charge in [0.1, 0.15) is 34.0 Å². The summed E-state index contributed by atoms with van der Waals surface area (Å²) in [6, 6.07) is 8.26. The van der Waals surface area contributed by atoms with E-state index in [0.29, 0.717) is 12.0 Å². The molecular formula is C44H60F2N8O9. The minimum absolute atomic E-state index is 0.00614. The number of carbonyl (C=O) groups excluding carboxylic acids is 5. The lowest BCUT2D eigenvalue weighted by Crippen LogP contribution is -2.54. The smallest absolute Gasteiger partial charge is 0.437 e. The summed E-state index contributed by atoms with van der Waals surface area (Å²) in [4.78, 5) is 76.5. The number of rotatable bonds is 4. The highest BCUT2D eigenvalue weighted by Gasteiger charge is 2.29. The van der Waals surface area contributed by atoms with E-state index in [9.17, 15) is 24.0 Å². The summed E-state index contributed by atoms with van der Waals surface area (Å²) < 4.78 is 52.5. The predicted octanol–water partition coefficient (Wildman–Crippen LogP) is 8.06. The Labute approximate surface area is 367 Å². The molecule has 3 N–H and O–H groups in total. The maximum atomic E-state index is 15.6. The summed E-state index contributed by atoms with van der Waals surface area (Å²) in [5.41, 5.74) is -1.93. The fourth-order valence-electron chi connectivity index (χ4n) is 6.11. The summed E-state index contributed by atoms with van der Waals surface area (Å²) in [5.74, 6) is -2.07. The minimum atomic E-state index is -0.907. The van der Waals surface area contributed by atoms with Gasteiger partial charge < -0.3 is 39.0 Å². The van der Waals surface area contributed by atoms with Crippen molar-refractivity contribution in [3.63, 3.8) is 0 Å². The Morgan fingerprint density at radius 2 is 1.11 bits per heavy atom. The van der Waals surface area contributed by atoms with Crippen molar-refractivity contribution in [1.29, 1.82) is 0 Å². The maximum absolute atomic E-state index is 15.6. The van der Waals surface area contributed by atoms with E-state index in [0.717, 1.165) is 6.07 Å². The first kappa shape index (κ1) is 49.4. The molecule has 0 saturated carbocycles. The van der Waals surface area contributed by atoms with E-state index in [1.807, 2.05) is 0 Å². The van der Waals surface area contributed by atoms with E-state index in [2.05, 4.69) is 25.9 Å². The second-order valence-corrected chi connectivity index (χ2v) is 18.8. The third-order valence-corrected chi connectivity index (χ3v) is 8.62. The number of nitrogens with zero attached hydrogens (tertiary/aromatic N) is 5. The highest BCUT2D eigenvalue weighted by Crippen LogP contribution is 2.28. The van der Waals surface area contributed by atoms with Crippen LogP contribution in [0.1, 0.15) is 105 Å². The van der Waals surface area contributed by atoms with Gasteiger partial charge in [-0.3, -0.25) is 15.4 Å². The summed E-state index contributed by atoms with van der Waals surface area (Å²) >= 11 is 0. The number of amides is 5. The largest absolute Gasteiger partial charge is 0.444 e. The first-order valence-corrected chi connectivity index (χ1v) is 20.5. The maximum Gasteiger partial charge on any atom is 0.437 e. The van der Waals surface area contributed by atoms with Gasteiger partial charge in [0.25, 0.3) is 5.91 Å². The molecule has 63 heavy (non-hydrogen) atoms. The number of hydrogen-bond acceptors (Lipinski definition) is 10. The molecule has 1 fully saturated rings. The van der Waals surface area contributed by atoms with Gasteiger partial charge in [0, 0.05) is 56.1 Å². The van der Waals surface area contributed by atoms with Gasteiger partial charge in [-0.2, -0.15) is 0 Å². The fourth-order valence-corrected chi connectivity index (χ4v) is 6.11. The van der Waals surface area contributed by atoms with Crippen LogP contribution in [0, 0.1) is 11.6 Å². The standard InChI is InChI=1S/C44H60F2N8O9/c1-41(2,3)60-37(56)48-35(49-38(57)61-42(4,5)6)53-19-17-27(18-20-53)30-15-14-29(26-31(30)45)47-34(55)28-13-16-33(32(46)25-28)52-21-23-54(24-22-52)36(50-39(58)62-43(7,8)9)51-40(59)63-44(10,11)12/h13-17,25-26H,18-24H2,1-12H3,(H,47,55)(H,48,49,56,57)(H,50,51,58,59). The van der Waals surface area contributed by atoms with Crippen molar-refractivity contribution in [3.05, 3.63) is 65.2 Å². The zero-order valence-corrected chi connectivity index (χ0v) is 38.2. The molecule has 0 unspecified atom stereocenters.